The van der Waals surface area contributed by atoms with E-state index in [0.29, 0.717) is 21.9 Å². The topological polar surface area (TPSA) is 87.5 Å². The summed E-state index contributed by atoms with van der Waals surface area (Å²) in [7, 11) is 0. The Morgan fingerprint density at radius 1 is 0.690 bits per heavy atom. The third kappa shape index (κ3) is 3.53. The standard InChI is InChI=1S/C22H15N5OS/c28-29(14-15-7-5-6-12-23-15)22-21(26-18-10-3-4-11-19(18)27-22)20-13-24-16-8-1-2-9-17(16)25-20/h1-13H,14H2. The highest BCUT2D eigenvalue weighted by molar-refractivity contribution is 7.90. The Labute approximate surface area is 169 Å². The van der Waals surface area contributed by atoms with Crippen LogP contribution in [0.2, 0.25) is 0 Å². The van der Waals surface area contributed by atoms with E-state index in [0.717, 1.165) is 22.2 Å². The average molecular weight is 397 g/mol. The third-order valence-corrected chi connectivity index (χ3v) is 5.72. The van der Waals surface area contributed by atoms with Crippen molar-refractivity contribution in [3.05, 3.63) is 84.8 Å². The van der Waals surface area contributed by atoms with Gasteiger partial charge in [0.25, 0.3) is 5.03 Å². The van der Waals surface area contributed by atoms with Crippen molar-refractivity contribution in [2.24, 2.45) is 0 Å². The van der Waals surface area contributed by atoms with Gasteiger partial charge in [0.2, 0.25) is 0 Å². The molecule has 0 fully saturated rings. The quantitative estimate of drug-likeness (QED) is 0.427. The second-order valence-electron chi connectivity index (χ2n) is 6.42. The van der Waals surface area contributed by atoms with Crippen molar-refractivity contribution >= 4 is 33.2 Å². The van der Waals surface area contributed by atoms with Gasteiger partial charge in [-0.05, 0) is 36.4 Å². The van der Waals surface area contributed by atoms with Crippen LogP contribution in [0.3, 0.4) is 0 Å². The number of pyridine rings is 1. The molecular weight excluding hydrogens is 382 g/mol. The summed E-state index contributed by atoms with van der Waals surface area (Å²) >= 11 is -1.44. The molecule has 140 valence electrons. The Morgan fingerprint density at radius 3 is 2.07 bits per heavy atom. The van der Waals surface area contributed by atoms with Gasteiger partial charge in [0.1, 0.15) is 5.69 Å². The molecule has 3 aromatic heterocycles. The normalized spacial score (nSPS) is 12.3. The van der Waals surface area contributed by atoms with Crippen molar-refractivity contribution < 1.29 is 4.55 Å². The molecule has 0 N–H and O–H groups in total. The van der Waals surface area contributed by atoms with Crippen LogP contribution in [0.25, 0.3) is 33.5 Å². The lowest BCUT2D eigenvalue weighted by molar-refractivity contribution is 0.590. The van der Waals surface area contributed by atoms with Crippen LogP contribution in [0.15, 0.2) is 84.1 Å². The van der Waals surface area contributed by atoms with Crippen LogP contribution in [0.1, 0.15) is 5.69 Å². The Balaban J connectivity index is 1.66. The molecule has 0 bridgehead atoms. The predicted molar refractivity (Wildman–Crippen MR) is 112 cm³/mol. The molecule has 2 aromatic carbocycles. The zero-order chi connectivity index (χ0) is 19.6. The van der Waals surface area contributed by atoms with E-state index in [-0.39, 0.29) is 5.75 Å². The van der Waals surface area contributed by atoms with Gasteiger partial charge in [0, 0.05) is 17.4 Å². The smallest absolute Gasteiger partial charge is 0.273 e. The summed E-state index contributed by atoms with van der Waals surface area (Å²) in [4.78, 5) is 22.9. The van der Waals surface area contributed by atoms with Crippen molar-refractivity contribution in [3.63, 3.8) is 0 Å². The summed E-state index contributed by atoms with van der Waals surface area (Å²) in [6.07, 6.45) is 3.34. The summed E-state index contributed by atoms with van der Waals surface area (Å²) < 4.78 is 13.2. The minimum Gasteiger partial charge on any atom is -0.610 e. The molecule has 5 aromatic rings. The van der Waals surface area contributed by atoms with Crippen molar-refractivity contribution in [3.8, 4) is 11.4 Å². The first-order chi connectivity index (χ1) is 14.3. The SMILES string of the molecule is [O-][S+](Cc1ccccn1)c1nc2ccccc2nc1-c1cnc2ccccc2n1. The Kier molecular flexibility index (Phi) is 4.59. The van der Waals surface area contributed by atoms with Gasteiger partial charge < -0.3 is 4.55 Å². The molecule has 0 saturated heterocycles. The number of fused-ring (bicyclic) bond motifs is 2. The van der Waals surface area contributed by atoms with Crippen LogP contribution in [0.5, 0.6) is 0 Å². The highest BCUT2D eigenvalue weighted by atomic mass is 32.2. The van der Waals surface area contributed by atoms with Gasteiger partial charge in [0.05, 0.1) is 34.0 Å². The molecule has 0 amide bonds. The number of hydrogen-bond donors (Lipinski definition) is 0. The lowest BCUT2D eigenvalue weighted by Gasteiger charge is -2.13. The summed E-state index contributed by atoms with van der Waals surface area (Å²) in [6, 6.07) is 20.7. The molecule has 3 heterocycles. The van der Waals surface area contributed by atoms with Crippen LogP contribution >= 0.6 is 0 Å². The molecule has 0 aliphatic carbocycles. The van der Waals surface area contributed by atoms with Gasteiger partial charge in [-0.15, -0.1) is 0 Å². The maximum Gasteiger partial charge on any atom is 0.273 e. The van der Waals surface area contributed by atoms with Crippen molar-refractivity contribution in [1.29, 1.82) is 0 Å². The fourth-order valence-electron chi connectivity index (χ4n) is 3.07. The van der Waals surface area contributed by atoms with Crippen molar-refractivity contribution in [2.45, 2.75) is 10.8 Å². The Morgan fingerprint density at radius 2 is 1.34 bits per heavy atom. The van der Waals surface area contributed by atoms with Crippen LogP contribution in [0.4, 0.5) is 0 Å². The molecule has 7 heteroatoms. The molecule has 0 spiro atoms. The number of nitrogens with zero attached hydrogens (tertiary/aromatic N) is 5. The van der Waals surface area contributed by atoms with Crippen LogP contribution < -0.4 is 0 Å². The Hall–Kier alpha value is -3.42. The first-order valence-electron chi connectivity index (χ1n) is 9.05. The van der Waals surface area contributed by atoms with E-state index in [4.69, 9.17) is 4.98 Å². The van der Waals surface area contributed by atoms with E-state index in [1.807, 2.05) is 66.7 Å². The van der Waals surface area contributed by atoms with Gasteiger partial charge >= 0.3 is 0 Å². The fraction of sp³-hybridized carbons (Fsp3) is 0.0455. The van der Waals surface area contributed by atoms with Gasteiger partial charge in [0.15, 0.2) is 11.4 Å². The predicted octanol–water partition coefficient (Wildman–Crippen LogP) is 3.94. The molecule has 0 radical (unpaired) electrons. The number of hydrogen-bond acceptors (Lipinski definition) is 6. The van der Waals surface area contributed by atoms with Gasteiger partial charge in [-0.3, -0.25) is 9.97 Å². The second kappa shape index (κ2) is 7.54. The molecule has 29 heavy (non-hydrogen) atoms. The lowest BCUT2D eigenvalue weighted by atomic mass is 10.2. The second-order valence-corrected chi connectivity index (χ2v) is 7.79. The highest BCUT2D eigenvalue weighted by Crippen LogP contribution is 2.28. The lowest BCUT2D eigenvalue weighted by Crippen LogP contribution is -2.12. The van der Waals surface area contributed by atoms with E-state index in [1.165, 1.54) is 0 Å². The largest absolute Gasteiger partial charge is 0.610 e. The summed E-state index contributed by atoms with van der Waals surface area (Å²) in [5.41, 5.74) is 4.71. The number of benzene rings is 2. The highest BCUT2D eigenvalue weighted by Gasteiger charge is 2.24. The first kappa shape index (κ1) is 17.7. The van der Waals surface area contributed by atoms with Crippen molar-refractivity contribution in [2.75, 3.05) is 0 Å². The summed E-state index contributed by atoms with van der Waals surface area (Å²) in [5.74, 6) is 0.252. The minimum absolute atomic E-state index is 0.252. The molecule has 6 nitrogen and oxygen atoms in total. The van der Waals surface area contributed by atoms with E-state index >= 15 is 0 Å². The molecule has 0 aliphatic rings. The first-order valence-corrected chi connectivity index (χ1v) is 10.4. The van der Waals surface area contributed by atoms with Gasteiger partial charge in [-0.2, -0.15) is 4.98 Å². The maximum atomic E-state index is 13.2. The van der Waals surface area contributed by atoms with E-state index in [9.17, 15) is 4.55 Å². The van der Waals surface area contributed by atoms with Crippen LogP contribution in [0, 0.1) is 0 Å². The number of para-hydroxylation sites is 4. The number of rotatable bonds is 4. The van der Waals surface area contributed by atoms with E-state index < -0.39 is 11.2 Å². The Bertz CT molecular complexity index is 1310. The van der Waals surface area contributed by atoms with Crippen LogP contribution in [-0.4, -0.2) is 29.5 Å². The monoisotopic (exact) mass is 397 g/mol. The fourth-order valence-corrected chi connectivity index (χ4v) is 4.21. The average Bonchev–Trinajstić information content (AvgIpc) is 2.78. The molecule has 5 rings (SSSR count). The molecule has 1 unspecified atom stereocenters. The van der Waals surface area contributed by atoms with E-state index in [1.54, 1.807) is 12.4 Å². The summed E-state index contributed by atoms with van der Waals surface area (Å²) in [6.45, 7) is 0. The van der Waals surface area contributed by atoms with Crippen molar-refractivity contribution in [1.82, 2.24) is 24.9 Å². The zero-order valence-corrected chi connectivity index (χ0v) is 16.1. The van der Waals surface area contributed by atoms with Crippen LogP contribution in [-0.2, 0) is 16.9 Å². The molecule has 0 aliphatic heterocycles. The van der Waals surface area contributed by atoms with Gasteiger partial charge in [-0.25, -0.2) is 9.97 Å². The third-order valence-electron chi connectivity index (χ3n) is 4.45. The zero-order valence-electron chi connectivity index (χ0n) is 15.3. The van der Waals surface area contributed by atoms with Gasteiger partial charge in [-0.1, -0.05) is 30.3 Å². The van der Waals surface area contributed by atoms with E-state index in [2.05, 4.69) is 19.9 Å². The molecule has 0 saturated carbocycles. The number of aromatic nitrogens is 5. The molecular formula is C22H15N5OS. The minimum atomic E-state index is -1.44. The summed E-state index contributed by atoms with van der Waals surface area (Å²) in [5, 5.41) is 0.388. The maximum absolute atomic E-state index is 13.2. The molecule has 1 atom stereocenters.